The van der Waals surface area contributed by atoms with E-state index < -0.39 is 17.8 Å². The Labute approximate surface area is 164 Å². The van der Waals surface area contributed by atoms with Crippen molar-refractivity contribution in [1.82, 2.24) is 4.90 Å². The van der Waals surface area contributed by atoms with Gasteiger partial charge in [0.15, 0.2) is 0 Å². The molecule has 3 rings (SSSR count). The summed E-state index contributed by atoms with van der Waals surface area (Å²) in [5.74, 6) is -0.940. The van der Waals surface area contributed by atoms with E-state index in [-0.39, 0.29) is 12.2 Å². The molecule has 0 aliphatic carbocycles. The molecule has 27 heavy (non-hydrogen) atoms. The Morgan fingerprint density at radius 2 is 1.74 bits per heavy atom. The summed E-state index contributed by atoms with van der Waals surface area (Å²) in [4.78, 5) is 39.6. The number of carbonyl (C=O) groups excluding carboxylic acids is 3. The number of hydrogen-bond acceptors (Lipinski definition) is 5. The second-order valence-corrected chi connectivity index (χ2v) is 6.59. The lowest BCUT2D eigenvalue weighted by Crippen LogP contribution is -2.33. The zero-order valence-electron chi connectivity index (χ0n) is 14.8. The van der Waals surface area contributed by atoms with E-state index in [0.717, 1.165) is 14.3 Å². The Balaban J connectivity index is 1.95. The van der Waals surface area contributed by atoms with Gasteiger partial charge in [-0.15, -0.1) is 0 Å². The molecule has 1 aliphatic heterocycles. The number of benzene rings is 2. The zero-order valence-corrected chi connectivity index (χ0v) is 16.4. The number of hydrogen-bond donors (Lipinski definition) is 0. The summed E-state index contributed by atoms with van der Waals surface area (Å²) in [6.45, 7) is 2.07. The van der Waals surface area contributed by atoms with Crippen LogP contribution in [0.3, 0.4) is 0 Å². The van der Waals surface area contributed by atoms with Gasteiger partial charge in [-0.2, -0.15) is 0 Å². The van der Waals surface area contributed by atoms with E-state index in [0.29, 0.717) is 23.7 Å². The predicted molar refractivity (Wildman–Crippen MR) is 102 cm³/mol. The normalized spacial score (nSPS) is 14.1. The molecule has 1 heterocycles. The number of imide groups is 2. The molecule has 140 valence electrons. The number of anilines is 1. The van der Waals surface area contributed by atoms with Crippen molar-refractivity contribution in [1.29, 1.82) is 0 Å². The minimum absolute atomic E-state index is 0.0840. The van der Waals surface area contributed by atoms with Gasteiger partial charge in [0.2, 0.25) is 0 Å². The van der Waals surface area contributed by atoms with E-state index in [1.54, 1.807) is 49.4 Å². The van der Waals surface area contributed by atoms with Crippen molar-refractivity contribution in [3.05, 3.63) is 52.5 Å². The van der Waals surface area contributed by atoms with Crippen LogP contribution >= 0.6 is 15.9 Å². The molecule has 0 bridgehead atoms. The second kappa shape index (κ2) is 7.79. The number of ether oxygens (including phenoxy) is 2. The molecule has 1 aliphatic rings. The van der Waals surface area contributed by atoms with Gasteiger partial charge in [0.25, 0.3) is 0 Å². The molecule has 1 fully saturated rings. The summed E-state index contributed by atoms with van der Waals surface area (Å²) in [5.41, 5.74) is 0.840. The molecule has 0 radical (unpaired) electrons. The van der Waals surface area contributed by atoms with Gasteiger partial charge in [-0.25, -0.2) is 9.69 Å². The summed E-state index contributed by atoms with van der Waals surface area (Å²) in [7, 11) is 1.50. The topological polar surface area (TPSA) is 76.2 Å². The number of urea groups is 1. The number of methoxy groups -OCH3 is 1. The zero-order chi connectivity index (χ0) is 19.6. The van der Waals surface area contributed by atoms with Crippen LogP contribution in [-0.2, 0) is 16.1 Å². The number of rotatable bonds is 6. The third kappa shape index (κ3) is 3.52. The highest BCUT2D eigenvalue weighted by Crippen LogP contribution is 2.33. The highest BCUT2D eigenvalue weighted by atomic mass is 79.9. The molecule has 0 spiro atoms. The predicted octanol–water partition coefficient (Wildman–Crippen LogP) is 3.35. The van der Waals surface area contributed by atoms with Crippen LogP contribution in [0.15, 0.2) is 46.9 Å². The van der Waals surface area contributed by atoms with Gasteiger partial charge in [0.05, 0.1) is 25.9 Å². The number of para-hydroxylation sites is 2. The van der Waals surface area contributed by atoms with Crippen molar-refractivity contribution in [3.63, 3.8) is 0 Å². The van der Waals surface area contributed by atoms with Crippen LogP contribution in [-0.4, -0.2) is 36.5 Å². The Morgan fingerprint density at radius 1 is 1.00 bits per heavy atom. The van der Waals surface area contributed by atoms with Gasteiger partial charge in [-0.3, -0.25) is 14.5 Å². The third-order valence-electron chi connectivity index (χ3n) is 4.03. The SMILES string of the molecule is CCOc1ccccc1N1C(=O)C(=O)N(Cc2cc(Br)ccc2OC)C1=O. The standard InChI is InChI=1S/C19H17BrN2O5/c1-3-27-16-7-5-4-6-14(16)22-18(24)17(23)21(19(22)25)11-12-10-13(20)8-9-15(12)26-2/h4-10H,3,11H2,1-2H3. The summed E-state index contributed by atoms with van der Waals surface area (Å²) in [6, 6.07) is 11.1. The number of amides is 4. The van der Waals surface area contributed by atoms with Gasteiger partial charge < -0.3 is 9.47 Å². The molecule has 0 unspecified atom stereocenters. The second-order valence-electron chi connectivity index (χ2n) is 5.67. The molecule has 1 saturated heterocycles. The summed E-state index contributed by atoms with van der Waals surface area (Å²) in [6.07, 6.45) is 0. The molecule has 2 aromatic rings. The van der Waals surface area contributed by atoms with Crippen LogP contribution < -0.4 is 14.4 Å². The lowest BCUT2D eigenvalue weighted by Gasteiger charge is -2.19. The van der Waals surface area contributed by atoms with E-state index in [2.05, 4.69) is 15.9 Å². The Bertz CT molecular complexity index is 915. The molecule has 0 N–H and O–H groups in total. The van der Waals surface area contributed by atoms with Crippen LogP contribution in [0, 0.1) is 0 Å². The smallest absolute Gasteiger partial charge is 0.339 e. The third-order valence-corrected chi connectivity index (χ3v) is 4.52. The maximum Gasteiger partial charge on any atom is 0.339 e. The van der Waals surface area contributed by atoms with Crippen LogP contribution in [0.1, 0.15) is 12.5 Å². The van der Waals surface area contributed by atoms with E-state index in [1.807, 2.05) is 0 Å². The molecule has 2 aromatic carbocycles. The first kappa shape index (κ1) is 18.9. The molecular weight excluding hydrogens is 416 g/mol. The fourth-order valence-electron chi connectivity index (χ4n) is 2.82. The first-order valence-corrected chi connectivity index (χ1v) is 9.01. The highest BCUT2D eigenvalue weighted by molar-refractivity contribution is 9.10. The summed E-state index contributed by atoms with van der Waals surface area (Å²) in [5, 5.41) is 0. The Hall–Kier alpha value is -2.87. The number of carbonyl (C=O) groups is 3. The molecule has 7 nitrogen and oxygen atoms in total. The highest BCUT2D eigenvalue weighted by Gasteiger charge is 2.46. The van der Waals surface area contributed by atoms with Gasteiger partial charge >= 0.3 is 17.8 Å². The van der Waals surface area contributed by atoms with Crippen molar-refractivity contribution >= 4 is 39.5 Å². The van der Waals surface area contributed by atoms with Crippen molar-refractivity contribution in [3.8, 4) is 11.5 Å². The van der Waals surface area contributed by atoms with Gasteiger partial charge in [-0.05, 0) is 37.3 Å². The molecule has 4 amide bonds. The van der Waals surface area contributed by atoms with Crippen molar-refractivity contribution in [2.24, 2.45) is 0 Å². The van der Waals surface area contributed by atoms with Crippen LogP contribution in [0.4, 0.5) is 10.5 Å². The van der Waals surface area contributed by atoms with Crippen LogP contribution in [0.5, 0.6) is 11.5 Å². The average Bonchev–Trinajstić information content (AvgIpc) is 2.86. The average molecular weight is 433 g/mol. The monoisotopic (exact) mass is 432 g/mol. The van der Waals surface area contributed by atoms with Crippen LogP contribution in [0.25, 0.3) is 0 Å². The quantitative estimate of drug-likeness (QED) is 0.516. The lowest BCUT2D eigenvalue weighted by molar-refractivity contribution is -0.139. The maximum atomic E-state index is 12.9. The van der Waals surface area contributed by atoms with Gasteiger partial charge in [0, 0.05) is 10.0 Å². The molecule has 0 aromatic heterocycles. The van der Waals surface area contributed by atoms with Gasteiger partial charge in [-0.1, -0.05) is 28.1 Å². The van der Waals surface area contributed by atoms with Crippen molar-refractivity contribution in [2.45, 2.75) is 13.5 Å². The lowest BCUT2D eigenvalue weighted by atomic mass is 10.2. The minimum atomic E-state index is -0.916. The Morgan fingerprint density at radius 3 is 2.44 bits per heavy atom. The van der Waals surface area contributed by atoms with Gasteiger partial charge in [0.1, 0.15) is 11.5 Å². The minimum Gasteiger partial charge on any atom is -0.496 e. The first-order chi connectivity index (χ1) is 13.0. The van der Waals surface area contributed by atoms with E-state index in [1.165, 1.54) is 7.11 Å². The van der Waals surface area contributed by atoms with E-state index >= 15 is 0 Å². The first-order valence-electron chi connectivity index (χ1n) is 8.22. The summed E-state index contributed by atoms with van der Waals surface area (Å²) >= 11 is 3.35. The fraction of sp³-hybridized carbons (Fsp3) is 0.211. The molecule has 8 heteroatoms. The van der Waals surface area contributed by atoms with Crippen molar-refractivity contribution < 1.29 is 23.9 Å². The van der Waals surface area contributed by atoms with Crippen molar-refractivity contribution in [2.75, 3.05) is 18.6 Å². The summed E-state index contributed by atoms with van der Waals surface area (Å²) < 4.78 is 11.5. The molecular formula is C19H17BrN2O5. The van der Waals surface area contributed by atoms with E-state index in [9.17, 15) is 14.4 Å². The van der Waals surface area contributed by atoms with E-state index in [4.69, 9.17) is 9.47 Å². The fourth-order valence-corrected chi connectivity index (χ4v) is 3.23. The Kier molecular flexibility index (Phi) is 5.46. The number of nitrogens with zero attached hydrogens (tertiary/aromatic N) is 2. The maximum absolute atomic E-state index is 12.9. The van der Waals surface area contributed by atoms with Crippen LogP contribution in [0.2, 0.25) is 0 Å². The molecule has 0 atom stereocenters. The number of halogens is 1. The largest absolute Gasteiger partial charge is 0.496 e. The molecule has 0 saturated carbocycles.